The molecule has 0 bridgehead atoms. The van der Waals surface area contributed by atoms with Crippen LogP contribution in [0.15, 0.2) is 24.3 Å². The van der Waals surface area contributed by atoms with Crippen molar-refractivity contribution in [3.8, 4) is 6.07 Å². The zero-order valence-corrected chi connectivity index (χ0v) is 13.0. The number of carbonyl (C=O) groups excluding carboxylic acids is 1. The second kappa shape index (κ2) is 7.92. The van der Waals surface area contributed by atoms with E-state index in [-0.39, 0.29) is 18.6 Å². The van der Waals surface area contributed by atoms with Crippen LogP contribution in [-0.2, 0) is 11.2 Å². The highest BCUT2D eigenvalue weighted by atomic mass is 16.3. The minimum atomic E-state index is -0.122. The van der Waals surface area contributed by atoms with Crippen LogP contribution in [0, 0.1) is 11.3 Å². The monoisotopic (exact) mass is 301 g/mol. The molecule has 1 N–H and O–H groups in total. The number of aliphatic hydroxyl groups excluding tert-OH is 1. The quantitative estimate of drug-likeness (QED) is 0.861. The van der Waals surface area contributed by atoms with Gasteiger partial charge in [-0.15, -0.1) is 0 Å². The van der Waals surface area contributed by atoms with Crippen molar-refractivity contribution in [3.63, 3.8) is 0 Å². The van der Waals surface area contributed by atoms with Crippen LogP contribution in [0.1, 0.15) is 30.5 Å². The first kappa shape index (κ1) is 16.5. The summed E-state index contributed by atoms with van der Waals surface area (Å²) in [6.45, 7) is 4.07. The number of aliphatic hydroxyl groups is 1. The molecule has 2 rings (SSSR count). The number of nitriles is 1. The molecule has 0 aromatic heterocycles. The fourth-order valence-electron chi connectivity index (χ4n) is 3.02. The van der Waals surface area contributed by atoms with Gasteiger partial charge in [0.2, 0.25) is 5.91 Å². The standard InChI is InChI=1S/C17H23N3O2/c1-2-19(10-5-9-18)17(22)12-20-11-8-14-6-3-4-7-15(14)16(20)13-21/h3-4,6-7,16,21H,2,5,8,10-13H2,1H3. The maximum atomic E-state index is 12.4. The number of likely N-dealkylation sites (N-methyl/N-ethyl adjacent to an activating group) is 1. The average molecular weight is 301 g/mol. The van der Waals surface area contributed by atoms with Crippen molar-refractivity contribution in [2.24, 2.45) is 0 Å². The third-order valence-corrected chi connectivity index (χ3v) is 4.26. The zero-order chi connectivity index (χ0) is 15.9. The Labute approximate surface area is 131 Å². The Hall–Kier alpha value is -1.90. The first-order chi connectivity index (χ1) is 10.7. The number of nitrogens with zero attached hydrogens (tertiary/aromatic N) is 3. The minimum Gasteiger partial charge on any atom is -0.394 e. The van der Waals surface area contributed by atoms with Crippen molar-refractivity contribution in [1.29, 1.82) is 5.26 Å². The molecule has 0 spiro atoms. The van der Waals surface area contributed by atoms with Crippen LogP contribution in [-0.4, -0.2) is 53.6 Å². The normalized spacial score (nSPS) is 17.6. The van der Waals surface area contributed by atoms with E-state index in [1.807, 2.05) is 30.0 Å². The van der Waals surface area contributed by atoms with Crippen molar-refractivity contribution in [2.45, 2.75) is 25.8 Å². The van der Waals surface area contributed by atoms with Gasteiger partial charge in [0.15, 0.2) is 0 Å². The van der Waals surface area contributed by atoms with E-state index in [2.05, 4.69) is 12.1 Å². The summed E-state index contributed by atoms with van der Waals surface area (Å²) in [5.74, 6) is 0.0237. The number of fused-ring (bicyclic) bond motifs is 1. The van der Waals surface area contributed by atoms with Crippen LogP contribution >= 0.6 is 0 Å². The van der Waals surface area contributed by atoms with E-state index in [1.165, 1.54) is 5.56 Å². The molecule has 0 saturated carbocycles. The molecule has 1 atom stereocenters. The SMILES string of the molecule is CCN(CCC#N)C(=O)CN1CCc2ccccc2C1CO. The van der Waals surface area contributed by atoms with Crippen molar-refractivity contribution in [1.82, 2.24) is 9.80 Å². The molecule has 0 fully saturated rings. The van der Waals surface area contributed by atoms with Gasteiger partial charge >= 0.3 is 0 Å². The summed E-state index contributed by atoms with van der Waals surface area (Å²) in [5.41, 5.74) is 2.37. The maximum absolute atomic E-state index is 12.4. The number of benzene rings is 1. The summed E-state index contributed by atoms with van der Waals surface area (Å²) in [6, 6.07) is 10.0. The van der Waals surface area contributed by atoms with Gasteiger partial charge in [0, 0.05) is 19.6 Å². The maximum Gasteiger partial charge on any atom is 0.236 e. The minimum absolute atomic E-state index is 0.00855. The second-order valence-corrected chi connectivity index (χ2v) is 5.50. The number of hydrogen-bond donors (Lipinski definition) is 1. The number of amides is 1. The van der Waals surface area contributed by atoms with Gasteiger partial charge in [0.1, 0.15) is 0 Å². The van der Waals surface area contributed by atoms with Crippen LogP contribution in [0.2, 0.25) is 0 Å². The molecule has 0 aliphatic carbocycles. The molecule has 118 valence electrons. The Morgan fingerprint density at radius 1 is 1.50 bits per heavy atom. The molecule has 1 aliphatic heterocycles. The van der Waals surface area contributed by atoms with Crippen molar-refractivity contribution in [2.75, 3.05) is 32.8 Å². The highest BCUT2D eigenvalue weighted by Crippen LogP contribution is 2.29. The van der Waals surface area contributed by atoms with Crippen LogP contribution in [0.5, 0.6) is 0 Å². The highest BCUT2D eigenvalue weighted by molar-refractivity contribution is 5.78. The molecule has 5 nitrogen and oxygen atoms in total. The van der Waals surface area contributed by atoms with E-state index in [4.69, 9.17) is 5.26 Å². The summed E-state index contributed by atoms with van der Waals surface area (Å²) in [6.07, 6.45) is 1.25. The molecule has 1 unspecified atom stereocenters. The first-order valence-corrected chi connectivity index (χ1v) is 7.78. The van der Waals surface area contributed by atoms with Crippen molar-refractivity contribution in [3.05, 3.63) is 35.4 Å². The second-order valence-electron chi connectivity index (χ2n) is 5.50. The van der Waals surface area contributed by atoms with E-state index in [0.29, 0.717) is 26.1 Å². The lowest BCUT2D eigenvalue weighted by molar-refractivity contribution is -0.133. The average Bonchev–Trinajstić information content (AvgIpc) is 2.55. The molecule has 0 saturated heterocycles. The van der Waals surface area contributed by atoms with E-state index in [9.17, 15) is 9.90 Å². The molecule has 1 heterocycles. The number of hydrogen-bond acceptors (Lipinski definition) is 4. The van der Waals surface area contributed by atoms with Gasteiger partial charge in [-0.3, -0.25) is 9.69 Å². The van der Waals surface area contributed by atoms with Gasteiger partial charge in [-0.2, -0.15) is 5.26 Å². The van der Waals surface area contributed by atoms with E-state index in [0.717, 1.165) is 18.5 Å². The molecule has 0 radical (unpaired) electrons. The van der Waals surface area contributed by atoms with E-state index >= 15 is 0 Å². The van der Waals surface area contributed by atoms with Gasteiger partial charge in [-0.25, -0.2) is 0 Å². The molecule has 1 aliphatic rings. The van der Waals surface area contributed by atoms with Gasteiger partial charge in [0.25, 0.3) is 0 Å². The fourth-order valence-corrected chi connectivity index (χ4v) is 3.02. The summed E-state index contributed by atoms with van der Waals surface area (Å²) >= 11 is 0. The van der Waals surface area contributed by atoms with Gasteiger partial charge in [-0.05, 0) is 24.5 Å². The molecule has 22 heavy (non-hydrogen) atoms. The Balaban J connectivity index is 2.06. The lowest BCUT2D eigenvalue weighted by Crippen LogP contribution is -2.45. The lowest BCUT2D eigenvalue weighted by atomic mass is 9.93. The van der Waals surface area contributed by atoms with Gasteiger partial charge in [-0.1, -0.05) is 24.3 Å². The third kappa shape index (κ3) is 3.65. The lowest BCUT2D eigenvalue weighted by Gasteiger charge is -2.36. The Morgan fingerprint density at radius 2 is 2.27 bits per heavy atom. The smallest absolute Gasteiger partial charge is 0.236 e. The van der Waals surface area contributed by atoms with E-state index < -0.39 is 0 Å². The molecule has 1 amide bonds. The van der Waals surface area contributed by atoms with Crippen molar-refractivity contribution < 1.29 is 9.90 Å². The molecular weight excluding hydrogens is 278 g/mol. The number of carbonyl (C=O) groups is 1. The predicted molar refractivity (Wildman–Crippen MR) is 84.0 cm³/mol. The summed E-state index contributed by atoms with van der Waals surface area (Å²) in [5, 5.41) is 18.4. The molecule has 1 aromatic carbocycles. The number of rotatable bonds is 6. The van der Waals surface area contributed by atoms with Crippen LogP contribution in [0.4, 0.5) is 0 Å². The molecule has 1 aromatic rings. The van der Waals surface area contributed by atoms with Gasteiger partial charge in [0.05, 0.1) is 31.7 Å². The summed E-state index contributed by atoms with van der Waals surface area (Å²) in [7, 11) is 0. The molecular formula is C17H23N3O2. The van der Waals surface area contributed by atoms with Crippen LogP contribution < -0.4 is 0 Å². The van der Waals surface area contributed by atoms with E-state index in [1.54, 1.807) is 4.90 Å². The topological polar surface area (TPSA) is 67.6 Å². The fraction of sp³-hybridized carbons (Fsp3) is 0.529. The largest absolute Gasteiger partial charge is 0.394 e. The summed E-state index contributed by atoms with van der Waals surface area (Å²) < 4.78 is 0. The van der Waals surface area contributed by atoms with Crippen LogP contribution in [0.3, 0.4) is 0 Å². The third-order valence-electron chi connectivity index (χ3n) is 4.26. The highest BCUT2D eigenvalue weighted by Gasteiger charge is 2.28. The van der Waals surface area contributed by atoms with Crippen LogP contribution in [0.25, 0.3) is 0 Å². The zero-order valence-electron chi connectivity index (χ0n) is 13.0. The molecule has 5 heteroatoms. The Kier molecular flexibility index (Phi) is 5.93. The van der Waals surface area contributed by atoms with Crippen molar-refractivity contribution >= 4 is 5.91 Å². The first-order valence-electron chi connectivity index (χ1n) is 7.78. The predicted octanol–water partition coefficient (Wildman–Crippen LogP) is 1.34. The van der Waals surface area contributed by atoms with Gasteiger partial charge < -0.3 is 10.0 Å². The Bertz CT molecular complexity index is 553. The summed E-state index contributed by atoms with van der Waals surface area (Å²) in [4.78, 5) is 16.2. The Morgan fingerprint density at radius 3 is 2.95 bits per heavy atom.